The Hall–Kier alpha value is -0.960. The largest absolute Gasteiger partial charge is 0.322 e. The van der Waals surface area contributed by atoms with Crippen molar-refractivity contribution in [1.29, 1.82) is 5.41 Å². The van der Waals surface area contributed by atoms with Gasteiger partial charge in [-0.2, -0.15) is 0 Å². The lowest BCUT2D eigenvalue weighted by Crippen LogP contribution is -2.26. The van der Waals surface area contributed by atoms with Crippen molar-refractivity contribution in [3.05, 3.63) is 30.3 Å². The molecule has 2 nitrogen and oxygen atoms in total. The molecule has 0 aliphatic heterocycles. The van der Waals surface area contributed by atoms with E-state index in [-0.39, 0.29) is 0 Å². The van der Waals surface area contributed by atoms with Gasteiger partial charge >= 0.3 is 0 Å². The normalized spacial score (nSPS) is 9.69. The second-order valence-corrected chi connectivity index (χ2v) is 3.38. The summed E-state index contributed by atoms with van der Waals surface area (Å²) in [7, 11) is 0. The molecule has 0 aliphatic rings. The quantitative estimate of drug-likeness (QED) is 0.579. The van der Waals surface area contributed by atoms with E-state index in [0.29, 0.717) is 5.17 Å². The van der Waals surface area contributed by atoms with Crippen molar-refractivity contribution in [2.75, 3.05) is 17.7 Å². The number of hydrogen-bond donors (Lipinski definition) is 1. The van der Waals surface area contributed by atoms with E-state index in [1.54, 1.807) is 0 Å². The van der Waals surface area contributed by atoms with Gasteiger partial charge in [0.2, 0.25) is 0 Å². The van der Waals surface area contributed by atoms with Crippen molar-refractivity contribution in [2.45, 2.75) is 6.92 Å². The molecule has 3 heteroatoms. The van der Waals surface area contributed by atoms with Gasteiger partial charge in [0, 0.05) is 12.2 Å². The number of nitrogens with one attached hydrogen (secondary N) is 1. The van der Waals surface area contributed by atoms with E-state index >= 15 is 0 Å². The zero-order valence-corrected chi connectivity index (χ0v) is 8.77. The predicted octanol–water partition coefficient (Wildman–Crippen LogP) is 2.81. The lowest BCUT2D eigenvalue weighted by Gasteiger charge is -2.21. The van der Waals surface area contributed by atoms with Crippen LogP contribution in [0, 0.1) is 5.41 Å². The number of hydrogen-bond acceptors (Lipinski definition) is 2. The molecule has 70 valence electrons. The Labute approximate surface area is 83.5 Å². The topological polar surface area (TPSA) is 27.1 Å². The minimum atomic E-state index is 0.591. The van der Waals surface area contributed by atoms with Crippen molar-refractivity contribution >= 4 is 22.6 Å². The third-order valence-corrected chi connectivity index (χ3v) is 2.43. The summed E-state index contributed by atoms with van der Waals surface area (Å²) in [6.07, 6.45) is 1.92. The Kier molecular flexibility index (Phi) is 3.83. The first-order valence-corrected chi connectivity index (χ1v) is 5.47. The number of anilines is 1. The zero-order valence-electron chi connectivity index (χ0n) is 7.95. The summed E-state index contributed by atoms with van der Waals surface area (Å²) in [4.78, 5) is 1.98. The summed E-state index contributed by atoms with van der Waals surface area (Å²) in [5.41, 5.74) is 1.09. The summed E-state index contributed by atoms with van der Waals surface area (Å²) in [6, 6.07) is 10.0. The molecule has 13 heavy (non-hydrogen) atoms. The highest BCUT2D eigenvalue weighted by Gasteiger charge is 2.07. The maximum atomic E-state index is 7.72. The van der Waals surface area contributed by atoms with Crippen LogP contribution in [0.15, 0.2) is 30.3 Å². The Morgan fingerprint density at radius 1 is 1.38 bits per heavy atom. The highest BCUT2D eigenvalue weighted by Crippen LogP contribution is 2.16. The van der Waals surface area contributed by atoms with E-state index in [0.717, 1.165) is 12.2 Å². The lowest BCUT2D eigenvalue weighted by molar-refractivity contribution is 1.06. The number of nitrogens with zero attached hydrogens (tertiary/aromatic N) is 1. The molecule has 0 radical (unpaired) electrons. The molecular weight excluding hydrogens is 180 g/mol. The molecule has 0 saturated heterocycles. The van der Waals surface area contributed by atoms with Crippen LogP contribution in [0.4, 0.5) is 5.69 Å². The molecule has 0 spiro atoms. The van der Waals surface area contributed by atoms with Gasteiger partial charge in [-0.05, 0) is 25.3 Å². The molecule has 0 fully saturated rings. The van der Waals surface area contributed by atoms with Gasteiger partial charge in [-0.15, -0.1) is 0 Å². The monoisotopic (exact) mass is 194 g/mol. The molecule has 0 saturated carbocycles. The summed E-state index contributed by atoms with van der Waals surface area (Å²) in [5, 5.41) is 8.31. The molecule has 0 aromatic heterocycles. The lowest BCUT2D eigenvalue weighted by atomic mass is 10.3. The van der Waals surface area contributed by atoms with Crippen LogP contribution in [-0.4, -0.2) is 18.0 Å². The standard InChI is InChI=1S/C10H14N2S/c1-3-12(10(11)13-2)9-7-5-4-6-8-9/h4-8,11H,3H2,1-2H3. The molecule has 0 atom stereocenters. The van der Waals surface area contributed by atoms with Gasteiger partial charge in [-0.25, -0.2) is 0 Å². The molecule has 1 rings (SSSR count). The van der Waals surface area contributed by atoms with Crippen LogP contribution in [0.1, 0.15) is 6.92 Å². The van der Waals surface area contributed by atoms with E-state index < -0.39 is 0 Å². The molecule has 0 heterocycles. The summed E-state index contributed by atoms with van der Waals surface area (Å²) in [5.74, 6) is 0. The molecule has 0 amide bonds. The van der Waals surface area contributed by atoms with Gasteiger partial charge in [0.25, 0.3) is 0 Å². The van der Waals surface area contributed by atoms with E-state index in [9.17, 15) is 0 Å². The summed E-state index contributed by atoms with van der Waals surface area (Å²) >= 11 is 1.46. The zero-order chi connectivity index (χ0) is 9.68. The number of rotatable bonds is 2. The van der Waals surface area contributed by atoms with Crippen LogP contribution in [0.5, 0.6) is 0 Å². The Balaban J connectivity index is 2.85. The molecular formula is C10H14N2S. The van der Waals surface area contributed by atoms with Crippen LogP contribution in [0.25, 0.3) is 0 Å². The average Bonchev–Trinajstić information content (AvgIpc) is 2.20. The molecule has 0 unspecified atom stereocenters. The van der Waals surface area contributed by atoms with E-state index in [1.165, 1.54) is 11.8 Å². The number of benzene rings is 1. The first kappa shape index (κ1) is 10.1. The maximum absolute atomic E-state index is 7.72. The van der Waals surface area contributed by atoms with Gasteiger partial charge in [-0.3, -0.25) is 5.41 Å². The Morgan fingerprint density at radius 3 is 2.46 bits per heavy atom. The molecule has 0 bridgehead atoms. The third-order valence-electron chi connectivity index (χ3n) is 1.82. The Bertz CT molecular complexity index is 272. The SMILES string of the molecule is CCN(C(=N)SC)c1ccccc1. The van der Waals surface area contributed by atoms with Crippen LogP contribution in [0.2, 0.25) is 0 Å². The summed E-state index contributed by atoms with van der Waals surface area (Å²) < 4.78 is 0. The van der Waals surface area contributed by atoms with Gasteiger partial charge in [0.1, 0.15) is 0 Å². The first-order chi connectivity index (χ1) is 6.29. The smallest absolute Gasteiger partial charge is 0.160 e. The van der Waals surface area contributed by atoms with Crippen molar-refractivity contribution in [1.82, 2.24) is 0 Å². The molecule has 1 N–H and O–H groups in total. The third kappa shape index (κ3) is 2.49. The van der Waals surface area contributed by atoms with Gasteiger partial charge < -0.3 is 4.90 Å². The number of para-hydroxylation sites is 1. The number of thioether (sulfide) groups is 1. The molecule has 1 aromatic carbocycles. The van der Waals surface area contributed by atoms with Gasteiger partial charge in [0.05, 0.1) is 0 Å². The predicted molar refractivity (Wildman–Crippen MR) is 60.7 cm³/mol. The van der Waals surface area contributed by atoms with Crippen molar-refractivity contribution in [3.63, 3.8) is 0 Å². The fourth-order valence-corrected chi connectivity index (χ4v) is 1.62. The van der Waals surface area contributed by atoms with Gasteiger partial charge in [-0.1, -0.05) is 30.0 Å². The van der Waals surface area contributed by atoms with Crippen LogP contribution in [0.3, 0.4) is 0 Å². The van der Waals surface area contributed by atoms with Crippen molar-refractivity contribution in [2.24, 2.45) is 0 Å². The highest BCUT2D eigenvalue weighted by molar-refractivity contribution is 8.13. The average molecular weight is 194 g/mol. The second kappa shape index (κ2) is 4.92. The fraction of sp³-hybridized carbons (Fsp3) is 0.300. The van der Waals surface area contributed by atoms with Gasteiger partial charge in [0.15, 0.2) is 5.17 Å². The second-order valence-electron chi connectivity index (χ2n) is 2.59. The summed E-state index contributed by atoms with van der Waals surface area (Å²) in [6.45, 7) is 2.89. The van der Waals surface area contributed by atoms with Crippen molar-refractivity contribution < 1.29 is 0 Å². The van der Waals surface area contributed by atoms with Crippen LogP contribution in [-0.2, 0) is 0 Å². The molecule has 1 aromatic rings. The highest BCUT2D eigenvalue weighted by atomic mass is 32.2. The van der Waals surface area contributed by atoms with E-state index in [1.807, 2.05) is 41.5 Å². The van der Waals surface area contributed by atoms with E-state index in [4.69, 9.17) is 5.41 Å². The van der Waals surface area contributed by atoms with Crippen LogP contribution >= 0.6 is 11.8 Å². The first-order valence-electron chi connectivity index (χ1n) is 4.24. The minimum absolute atomic E-state index is 0.591. The van der Waals surface area contributed by atoms with E-state index in [2.05, 4.69) is 6.92 Å². The molecule has 0 aliphatic carbocycles. The Morgan fingerprint density at radius 2 is 2.00 bits per heavy atom. The maximum Gasteiger partial charge on any atom is 0.160 e. The fourth-order valence-electron chi connectivity index (χ4n) is 1.16. The minimum Gasteiger partial charge on any atom is -0.322 e. The number of amidine groups is 1. The van der Waals surface area contributed by atoms with Crippen molar-refractivity contribution in [3.8, 4) is 0 Å². The van der Waals surface area contributed by atoms with Crippen LogP contribution < -0.4 is 4.90 Å².